The molecular weight excluding hydrogens is 176 g/mol. The van der Waals surface area contributed by atoms with Crippen LogP contribution in [0.4, 0.5) is 0 Å². The lowest BCUT2D eigenvalue weighted by Gasteiger charge is -2.07. The molecule has 0 unspecified atom stereocenters. The number of rotatable bonds is 2. The molecule has 1 aromatic rings. The van der Waals surface area contributed by atoms with Gasteiger partial charge in [0.1, 0.15) is 6.10 Å². The number of carbonyl (C=O) groups excluding carboxylic acids is 1. The third kappa shape index (κ3) is 1.55. The highest BCUT2D eigenvalue weighted by molar-refractivity contribution is 5.76. The van der Waals surface area contributed by atoms with Gasteiger partial charge in [-0.2, -0.15) is 0 Å². The molecule has 0 bridgehead atoms. The first-order valence-corrected chi connectivity index (χ1v) is 4.69. The van der Waals surface area contributed by atoms with Crippen LogP contribution in [0.3, 0.4) is 0 Å². The Kier molecular flexibility index (Phi) is 2.35. The monoisotopic (exact) mass is 188 g/mol. The topological polar surface area (TPSA) is 26.3 Å². The van der Waals surface area contributed by atoms with Gasteiger partial charge in [0.2, 0.25) is 0 Å². The van der Waals surface area contributed by atoms with Gasteiger partial charge in [0.15, 0.2) is 0 Å². The van der Waals surface area contributed by atoms with Gasteiger partial charge in [-0.05, 0) is 5.56 Å². The van der Waals surface area contributed by atoms with Crippen LogP contribution in [-0.2, 0) is 9.53 Å². The molecule has 72 valence electrons. The average Bonchev–Trinajstić information content (AvgIpc) is 2.61. The Balaban J connectivity index is 2.16. The van der Waals surface area contributed by atoms with E-state index in [9.17, 15) is 4.79 Å². The van der Waals surface area contributed by atoms with Gasteiger partial charge in [0.05, 0.1) is 5.92 Å². The van der Waals surface area contributed by atoms with Crippen LogP contribution in [0.5, 0.6) is 0 Å². The lowest BCUT2D eigenvalue weighted by atomic mass is 10.0. The fourth-order valence-corrected chi connectivity index (χ4v) is 1.67. The number of carbonyl (C=O) groups is 1. The van der Waals surface area contributed by atoms with Crippen molar-refractivity contribution in [3.8, 4) is 0 Å². The van der Waals surface area contributed by atoms with Crippen molar-refractivity contribution in [2.45, 2.75) is 12.5 Å². The maximum absolute atomic E-state index is 11.3. The van der Waals surface area contributed by atoms with Crippen molar-refractivity contribution in [1.29, 1.82) is 0 Å². The number of esters is 1. The predicted octanol–water partition coefficient (Wildman–Crippen LogP) is 2.48. The Labute approximate surface area is 83.2 Å². The van der Waals surface area contributed by atoms with Gasteiger partial charge < -0.3 is 4.74 Å². The van der Waals surface area contributed by atoms with Crippen LogP contribution >= 0.6 is 0 Å². The van der Waals surface area contributed by atoms with Crippen molar-refractivity contribution in [2.24, 2.45) is 5.92 Å². The van der Waals surface area contributed by atoms with Crippen molar-refractivity contribution < 1.29 is 9.53 Å². The number of hydrogen-bond donors (Lipinski definition) is 0. The average molecular weight is 188 g/mol. The molecule has 14 heavy (non-hydrogen) atoms. The molecule has 0 amide bonds. The Hall–Kier alpha value is -1.57. The van der Waals surface area contributed by atoms with Crippen molar-refractivity contribution in [3.63, 3.8) is 0 Å². The van der Waals surface area contributed by atoms with E-state index in [2.05, 4.69) is 6.58 Å². The smallest absolute Gasteiger partial charge is 0.313 e. The molecule has 2 heteroatoms. The lowest BCUT2D eigenvalue weighted by Crippen LogP contribution is -2.03. The molecule has 0 aromatic heterocycles. The molecule has 0 spiro atoms. The minimum absolute atomic E-state index is 0.0910. The van der Waals surface area contributed by atoms with Crippen molar-refractivity contribution in [1.82, 2.24) is 0 Å². The molecule has 1 aliphatic rings. The van der Waals surface area contributed by atoms with Crippen LogP contribution in [-0.4, -0.2) is 5.97 Å². The minimum Gasteiger partial charge on any atom is -0.457 e. The summed E-state index contributed by atoms with van der Waals surface area (Å²) in [5.41, 5.74) is 1.06. The molecule has 1 saturated heterocycles. The van der Waals surface area contributed by atoms with E-state index >= 15 is 0 Å². The molecule has 2 atom stereocenters. The number of hydrogen-bond acceptors (Lipinski definition) is 2. The van der Waals surface area contributed by atoms with Crippen LogP contribution in [0.15, 0.2) is 43.0 Å². The van der Waals surface area contributed by atoms with Crippen molar-refractivity contribution >= 4 is 5.97 Å². The summed E-state index contributed by atoms with van der Waals surface area (Å²) >= 11 is 0. The SMILES string of the molecule is C=C[C@H]1C[C@@H](c2ccccc2)OC1=O. The van der Waals surface area contributed by atoms with E-state index in [1.807, 2.05) is 30.3 Å². The second-order valence-corrected chi connectivity index (χ2v) is 3.41. The number of benzene rings is 1. The van der Waals surface area contributed by atoms with Crippen LogP contribution in [0.2, 0.25) is 0 Å². The van der Waals surface area contributed by atoms with Gasteiger partial charge >= 0.3 is 5.97 Å². The maximum Gasteiger partial charge on any atom is 0.313 e. The third-order valence-corrected chi connectivity index (χ3v) is 2.49. The number of cyclic esters (lactones) is 1. The van der Waals surface area contributed by atoms with E-state index in [1.165, 1.54) is 0 Å². The van der Waals surface area contributed by atoms with Gasteiger partial charge in [0.25, 0.3) is 0 Å². The highest BCUT2D eigenvalue weighted by Crippen LogP contribution is 2.33. The quantitative estimate of drug-likeness (QED) is 0.526. The lowest BCUT2D eigenvalue weighted by molar-refractivity contribution is -0.143. The summed E-state index contributed by atoms with van der Waals surface area (Å²) in [5, 5.41) is 0. The first kappa shape index (κ1) is 9.00. The standard InChI is InChI=1S/C12H12O2/c1-2-9-8-11(14-12(9)13)10-6-4-3-5-7-10/h2-7,9,11H,1,8H2/t9-,11-/m0/s1. The van der Waals surface area contributed by atoms with E-state index in [4.69, 9.17) is 4.74 Å². The first-order chi connectivity index (χ1) is 6.81. The molecule has 0 saturated carbocycles. The fourth-order valence-electron chi connectivity index (χ4n) is 1.67. The summed E-state index contributed by atoms with van der Waals surface area (Å²) in [5.74, 6) is -0.297. The van der Waals surface area contributed by atoms with E-state index in [1.54, 1.807) is 6.08 Å². The largest absolute Gasteiger partial charge is 0.457 e. The summed E-state index contributed by atoms with van der Waals surface area (Å²) in [7, 11) is 0. The molecule has 2 nitrogen and oxygen atoms in total. The van der Waals surface area contributed by atoms with E-state index in [-0.39, 0.29) is 18.0 Å². The zero-order valence-electron chi connectivity index (χ0n) is 7.85. The molecule has 0 radical (unpaired) electrons. The molecule has 0 aliphatic carbocycles. The van der Waals surface area contributed by atoms with Gasteiger partial charge in [-0.25, -0.2) is 0 Å². The summed E-state index contributed by atoms with van der Waals surface area (Å²) in [6, 6.07) is 9.80. The van der Waals surface area contributed by atoms with Crippen molar-refractivity contribution in [2.75, 3.05) is 0 Å². The van der Waals surface area contributed by atoms with E-state index in [0.717, 1.165) is 5.56 Å². The van der Waals surface area contributed by atoms with E-state index < -0.39 is 0 Å². The molecule has 0 N–H and O–H groups in total. The van der Waals surface area contributed by atoms with Crippen molar-refractivity contribution in [3.05, 3.63) is 48.6 Å². The minimum atomic E-state index is -0.158. The summed E-state index contributed by atoms with van der Waals surface area (Å²) in [4.78, 5) is 11.3. The Morgan fingerprint density at radius 3 is 2.64 bits per heavy atom. The Bertz CT molecular complexity index is 343. The Morgan fingerprint density at radius 2 is 2.07 bits per heavy atom. The normalized spacial score (nSPS) is 25.9. The predicted molar refractivity (Wildman–Crippen MR) is 53.6 cm³/mol. The third-order valence-electron chi connectivity index (χ3n) is 2.49. The molecular formula is C12H12O2. The van der Waals surface area contributed by atoms with Gasteiger partial charge in [-0.3, -0.25) is 4.79 Å². The summed E-state index contributed by atoms with van der Waals surface area (Å²) in [6.45, 7) is 3.62. The van der Waals surface area contributed by atoms with Gasteiger partial charge in [0, 0.05) is 6.42 Å². The number of ether oxygens (including phenoxy) is 1. The molecule has 1 heterocycles. The maximum atomic E-state index is 11.3. The zero-order valence-corrected chi connectivity index (χ0v) is 7.85. The second-order valence-electron chi connectivity index (χ2n) is 3.41. The van der Waals surface area contributed by atoms with Crippen LogP contribution < -0.4 is 0 Å². The molecule has 2 rings (SSSR count). The first-order valence-electron chi connectivity index (χ1n) is 4.69. The summed E-state index contributed by atoms with van der Waals surface area (Å²) < 4.78 is 5.24. The van der Waals surface area contributed by atoms with Gasteiger partial charge in [-0.1, -0.05) is 36.4 Å². The Morgan fingerprint density at radius 1 is 1.36 bits per heavy atom. The summed E-state index contributed by atoms with van der Waals surface area (Å²) in [6.07, 6.45) is 2.28. The van der Waals surface area contributed by atoms with Crippen LogP contribution in [0.25, 0.3) is 0 Å². The zero-order chi connectivity index (χ0) is 9.97. The highest BCUT2D eigenvalue weighted by Gasteiger charge is 2.32. The van der Waals surface area contributed by atoms with Crippen LogP contribution in [0.1, 0.15) is 18.1 Å². The van der Waals surface area contributed by atoms with E-state index in [0.29, 0.717) is 6.42 Å². The highest BCUT2D eigenvalue weighted by atomic mass is 16.5. The molecule has 1 fully saturated rings. The molecule has 1 aliphatic heterocycles. The van der Waals surface area contributed by atoms with Gasteiger partial charge in [-0.15, -0.1) is 6.58 Å². The second kappa shape index (κ2) is 3.66. The van der Waals surface area contributed by atoms with Crippen LogP contribution in [0, 0.1) is 5.92 Å². The fraction of sp³-hybridized carbons (Fsp3) is 0.250. The molecule has 1 aromatic carbocycles.